The molecule has 0 radical (unpaired) electrons. The van der Waals surface area contributed by atoms with Crippen LogP contribution in [0.25, 0.3) is 0 Å². The van der Waals surface area contributed by atoms with Crippen LogP contribution in [-0.4, -0.2) is 16.9 Å². The number of rotatable bonds is 4. The lowest BCUT2D eigenvalue weighted by Crippen LogP contribution is -2.01. The van der Waals surface area contributed by atoms with Gasteiger partial charge >= 0.3 is 5.97 Å². The van der Waals surface area contributed by atoms with E-state index in [1.54, 1.807) is 6.07 Å². The van der Waals surface area contributed by atoms with Crippen LogP contribution in [0.2, 0.25) is 0 Å². The number of carbonyl (C=O) groups excluding carboxylic acids is 1. The molecule has 0 atom stereocenters. The fourth-order valence-corrected chi connectivity index (χ4v) is 0.423. The number of hydrogen-bond donors (Lipinski definition) is 1. The highest BCUT2D eigenvalue weighted by Gasteiger charge is 2.03. The van der Waals surface area contributed by atoms with Crippen LogP contribution in [0.15, 0.2) is 0 Å². The third kappa shape index (κ3) is 4.78. The summed E-state index contributed by atoms with van der Waals surface area (Å²) in [6.45, 7) is 0. The highest BCUT2D eigenvalue weighted by Crippen LogP contribution is 1.93. The van der Waals surface area contributed by atoms with Crippen molar-refractivity contribution in [3.8, 4) is 6.07 Å². The van der Waals surface area contributed by atoms with Gasteiger partial charge < -0.3 is 5.11 Å². The molecule has 4 heteroatoms. The van der Waals surface area contributed by atoms with Crippen molar-refractivity contribution in [2.75, 3.05) is 0 Å². The average molecular weight is 141 g/mol. The van der Waals surface area contributed by atoms with E-state index < -0.39 is 5.97 Å². The van der Waals surface area contributed by atoms with Crippen molar-refractivity contribution in [3.05, 3.63) is 0 Å². The smallest absolute Gasteiger partial charge is 0.303 e. The first-order valence-corrected chi connectivity index (χ1v) is 2.77. The van der Waals surface area contributed by atoms with Gasteiger partial charge in [0, 0.05) is 6.42 Å². The van der Waals surface area contributed by atoms with Crippen molar-refractivity contribution in [1.82, 2.24) is 0 Å². The zero-order valence-electron chi connectivity index (χ0n) is 5.33. The Morgan fingerprint density at radius 1 is 1.40 bits per heavy atom. The molecule has 0 heterocycles. The highest BCUT2D eigenvalue weighted by molar-refractivity contribution is 5.83. The van der Waals surface area contributed by atoms with Gasteiger partial charge in [-0.1, -0.05) is 0 Å². The molecule has 0 aliphatic rings. The van der Waals surface area contributed by atoms with Crippen LogP contribution in [0.5, 0.6) is 0 Å². The first-order valence-electron chi connectivity index (χ1n) is 2.77. The molecule has 0 aromatic rings. The second kappa shape index (κ2) is 4.50. The fraction of sp³-hybridized carbons (Fsp3) is 0.500. The second-order valence-electron chi connectivity index (χ2n) is 1.77. The van der Waals surface area contributed by atoms with Crippen LogP contribution in [0, 0.1) is 11.3 Å². The van der Waals surface area contributed by atoms with Crippen LogP contribution < -0.4 is 0 Å². The number of nitrogens with zero attached hydrogens (tertiary/aromatic N) is 1. The normalized spacial score (nSPS) is 8.30. The largest absolute Gasteiger partial charge is 0.481 e. The predicted octanol–water partition coefficient (Wildman–Crippen LogP) is 0.334. The van der Waals surface area contributed by atoms with Crippen molar-refractivity contribution in [2.24, 2.45) is 0 Å². The van der Waals surface area contributed by atoms with Crippen molar-refractivity contribution in [3.63, 3.8) is 0 Å². The molecule has 0 saturated carbocycles. The maximum Gasteiger partial charge on any atom is 0.303 e. The zero-order valence-corrected chi connectivity index (χ0v) is 5.33. The number of carboxylic acid groups (broad SMARTS) is 1. The molecule has 0 saturated heterocycles. The molecule has 0 aromatic heterocycles. The Balaban J connectivity index is 3.42. The SMILES string of the molecule is N#CCC(=O)CCC(=O)O. The Labute approximate surface area is 58.1 Å². The van der Waals surface area contributed by atoms with Crippen LogP contribution in [0.4, 0.5) is 0 Å². The summed E-state index contributed by atoms with van der Waals surface area (Å²) in [6, 6.07) is 1.65. The van der Waals surface area contributed by atoms with Gasteiger partial charge in [-0.05, 0) is 0 Å². The van der Waals surface area contributed by atoms with E-state index >= 15 is 0 Å². The minimum Gasteiger partial charge on any atom is -0.481 e. The molecule has 0 rings (SSSR count). The minimum atomic E-state index is -1.01. The molecule has 54 valence electrons. The number of carbonyl (C=O) groups is 2. The van der Waals surface area contributed by atoms with Gasteiger partial charge in [-0.25, -0.2) is 0 Å². The lowest BCUT2D eigenvalue weighted by Gasteiger charge is -1.89. The number of Topliss-reactive ketones (excluding diaryl/α,β-unsaturated/α-hetero) is 1. The van der Waals surface area contributed by atoms with Gasteiger partial charge in [-0.3, -0.25) is 9.59 Å². The van der Waals surface area contributed by atoms with Crippen LogP contribution >= 0.6 is 0 Å². The lowest BCUT2D eigenvalue weighted by atomic mass is 10.2. The van der Waals surface area contributed by atoms with Crippen LogP contribution in [-0.2, 0) is 9.59 Å². The number of nitriles is 1. The first-order chi connectivity index (χ1) is 4.66. The highest BCUT2D eigenvalue weighted by atomic mass is 16.4. The Morgan fingerprint density at radius 2 is 2.00 bits per heavy atom. The maximum absolute atomic E-state index is 10.5. The molecular formula is C6H7NO3. The molecule has 0 bridgehead atoms. The molecule has 10 heavy (non-hydrogen) atoms. The van der Waals surface area contributed by atoms with E-state index in [1.165, 1.54) is 0 Å². The Morgan fingerprint density at radius 3 is 2.40 bits per heavy atom. The van der Waals surface area contributed by atoms with E-state index in [0.29, 0.717) is 0 Å². The van der Waals surface area contributed by atoms with E-state index in [4.69, 9.17) is 10.4 Å². The Bertz CT molecular complexity index is 180. The predicted molar refractivity (Wildman–Crippen MR) is 32.1 cm³/mol. The number of aliphatic carboxylic acids is 1. The first kappa shape index (κ1) is 8.63. The van der Waals surface area contributed by atoms with E-state index in [1.807, 2.05) is 0 Å². The number of carboxylic acids is 1. The molecular weight excluding hydrogens is 134 g/mol. The quantitative estimate of drug-likeness (QED) is 0.612. The van der Waals surface area contributed by atoms with Crippen molar-refractivity contribution in [2.45, 2.75) is 19.3 Å². The summed E-state index contributed by atoms with van der Waals surface area (Å²) in [5.41, 5.74) is 0. The summed E-state index contributed by atoms with van der Waals surface area (Å²) in [5.74, 6) is -1.32. The lowest BCUT2D eigenvalue weighted by molar-refractivity contribution is -0.138. The molecule has 0 aliphatic heterocycles. The molecule has 0 aliphatic carbocycles. The van der Waals surface area contributed by atoms with Gasteiger partial charge in [0.1, 0.15) is 5.78 Å². The van der Waals surface area contributed by atoms with Crippen LogP contribution in [0.1, 0.15) is 19.3 Å². The molecule has 1 N–H and O–H groups in total. The summed E-state index contributed by atoms with van der Waals surface area (Å²) in [7, 11) is 0. The van der Waals surface area contributed by atoms with Gasteiger partial charge in [-0.2, -0.15) is 5.26 Å². The fourth-order valence-electron chi connectivity index (χ4n) is 0.423. The van der Waals surface area contributed by atoms with Gasteiger partial charge in [0.15, 0.2) is 0 Å². The third-order valence-corrected chi connectivity index (χ3v) is 0.894. The standard InChI is InChI=1S/C6H7NO3/c7-4-3-5(8)1-2-6(9)10/h1-3H2,(H,9,10). The summed E-state index contributed by atoms with van der Waals surface area (Å²) in [4.78, 5) is 20.3. The molecule has 0 spiro atoms. The minimum absolute atomic E-state index is 0.0388. The van der Waals surface area contributed by atoms with Crippen molar-refractivity contribution >= 4 is 11.8 Å². The molecule has 0 amide bonds. The Kier molecular flexibility index (Phi) is 3.89. The topological polar surface area (TPSA) is 78.2 Å². The van der Waals surface area contributed by atoms with Crippen molar-refractivity contribution in [1.29, 1.82) is 5.26 Å². The van der Waals surface area contributed by atoms with Gasteiger partial charge in [0.05, 0.1) is 18.9 Å². The van der Waals surface area contributed by atoms with Gasteiger partial charge in [0.25, 0.3) is 0 Å². The van der Waals surface area contributed by atoms with Gasteiger partial charge in [-0.15, -0.1) is 0 Å². The Hall–Kier alpha value is -1.37. The summed E-state index contributed by atoms with van der Waals surface area (Å²) < 4.78 is 0. The summed E-state index contributed by atoms with van der Waals surface area (Å²) in [6.07, 6.45) is -0.406. The van der Waals surface area contributed by atoms with E-state index in [2.05, 4.69) is 0 Å². The zero-order chi connectivity index (χ0) is 7.98. The molecule has 0 aromatic carbocycles. The number of ketones is 1. The molecule has 0 fully saturated rings. The average Bonchev–Trinajstić information content (AvgIpc) is 1.85. The maximum atomic E-state index is 10.5. The van der Waals surface area contributed by atoms with Crippen molar-refractivity contribution < 1.29 is 14.7 Å². The van der Waals surface area contributed by atoms with E-state index in [-0.39, 0.29) is 25.0 Å². The van der Waals surface area contributed by atoms with Gasteiger partial charge in [0.2, 0.25) is 0 Å². The van der Waals surface area contributed by atoms with Crippen LogP contribution in [0.3, 0.4) is 0 Å². The second-order valence-corrected chi connectivity index (χ2v) is 1.77. The summed E-state index contributed by atoms with van der Waals surface area (Å²) >= 11 is 0. The van der Waals surface area contributed by atoms with E-state index in [9.17, 15) is 9.59 Å². The monoisotopic (exact) mass is 141 g/mol. The molecule has 4 nitrogen and oxygen atoms in total. The van der Waals surface area contributed by atoms with E-state index in [0.717, 1.165) is 0 Å². The molecule has 0 unspecified atom stereocenters. The third-order valence-electron chi connectivity index (χ3n) is 0.894. The summed E-state index contributed by atoms with van der Waals surface area (Å²) in [5, 5.41) is 16.1. The number of hydrogen-bond acceptors (Lipinski definition) is 3.